The van der Waals surface area contributed by atoms with Crippen LogP contribution in [0.5, 0.6) is 5.95 Å². The molecule has 2 aromatic rings. The number of aromatic amines is 1. The molecule has 0 aliphatic heterocycles. The molecule has 0 radical (unpaired) electrons. The third-order valence-electron chi connectivity index (χ3n) is 2.89. The summed E-state index contributed by atoms with van der Waals surface area (Å²) in [6.07, 6.45) is 1.91. The van der Waals surface area contributed by atoms with Crippen molar-refractivity contribution in [2.24, 2.45) is 0 Å². The van der Waals surface area contributed by atoms with Gasteiger partial charge in [-0.1, -0.05) is 36.9 Å². The number of hydrogen-bond donors (Lipinski definition) is 2. The van der Waals surface area contributed by atoms with Crippen molar-refractivity contribution in [1.82, 2.24) is 4.98 Å². The number of benzene rings is 1. The minimum Gasteiger partial charge on any atom is -0.479 e. The highest BCUT2D eigenvalue weighted by atomic mass is 16.5. The Kier molecular flexibility index (Phi) is 4.61. The molecule has 0 saturated heterocycles. The van der Waals surface area contributed by atoms with E-state index in [-0.39, 0.29) is 25.1 Å². The molecule has 2 N–H and O–H groups in total. The van der Waals surface area contributed by atoms with E-state index < -0.39 is 17.7 Å². The van der Waals surface area contributed by atoms with Gasteiger partial charge in [-0.05, 0) is 11.1 Å². The number of ether oxygens (including phenoxy) is 1. The van der Waals surface area contributed by atoms with Gasteiger partial charge in [0.05, 0.1) is 6.42 Å². The van der Waals surface area contributed by atoms with Crippen molar-refractivity contribution in [3.63, 3.8) is 0 Å². The molecule has 0 aliphatic carbocycles. The van der Waals surface area contributed by atoms with E-state index in [2.05, 4.69) is 16.0 Å². The normalized spacial score (nSPS) is 10.3. The Bertz CT molecular complexity index is 681. The molecule has 1 aromatic carbocycles. The van der Waals surface area contributed by atoms with E-state index in [1.165, 1.54) is 0 Å². The number of aromatic nitrogens is 1. The van der Waals surface area contributed by atoms with Crippen molar-refractivity contribution in [3.8, 4) is 5.95 Å². The van der Waals surface area contributed by atoms with Gasteiger partial charge in [-0.2, -0.15) is 0 Å². The summed E-state index contributed by atoms with van der Waals surface area (Å²) in [5, 5.41) is 9.24. The van der Waals surface area contributed by atoms with Gasteiger partial charge in [-0.15, -0.1) is 0 Å². The van der Waals surface area contributed by atoms with Gasteiger partial charge in [-0.3, -0.25) is 9.78 Å². The number of hydrogen-bond acceptors (Lipinski definition) is 5. The van der Waals surface area contributed by atoms with Gasteiger partial charge in [0.25, 0.3) is 0 Å². The lowest BCUT2D eigenvalue weighted by Crippen LogP contribution is -2.07. The van der Waals surface area contributed by atoms with E-state index in [4.69, 9.17) is 4.74 Å². The maximum atomic E-state index is 11.6. The Hall–Kier alpha value is -2.76. The van der Waals surface area contributed by atoms with E-state index in [1.54, 1.807) is 6.08 Å². The molecule has 6 nitrogen and oxygen atoms in total. The van der Waals surface area contributed by atoms with Crippen LogP contribution in [0.2, 0.25) is 0 Å². The van der Waals surface area contributed by atoms with Gasteiger partial charge in [0, 0.05) is 6.42 Å². The lowest BCUT2D eigenvalue weighted by atomic mass is 10.1. The average Bonchev–Trinajstić information content (AvgIpc) is 2.81. The number of carbonyl (C=O) groups excluding carboxylic acids is 1. The fraction of sp³-hybridized carbons (Fsp3) is 0.200. The first-order valence-corrected chi connectivity index (χ1v) is 6.36. The summed E-state index contributed by atoms with van der Waals surface area (Å²) in [4.78, 5) is 24.7. The zero-order chi connectivity index (χ0) is 15.2. The molecule has 0 saturated carbocycles. The molecule has 21 heavy (non-hydrogen) atoms. The van der Waals surface area contributed by atoms with Gasteiger partial charge in [0.2, 0.25) is 0 Å². The van der Waals surface area contributed by atoms with Gasteiger partial charge in [0.1, 0.15) is 12.3 Å². The third kappa shape index (κ3) is 4.10. The predicted molar refractivity (Wildman–Crippen MR) is 75.6 cm³/mol. The molecule has 0 unspecified atom stereocenters. The van der Waals surface area contributed by atoms with Gasteiger partial charge < -0.3 is 14.3 Å². The van der Waals surface area contributed by atoms with E-state index in [1.807, 2.05) is 24.3 Å². The smallest absolute Gasteiger partial charge is 0.419 e. The Balaban J connectivity index is 1.80. The number of aryl methyl sites for hydroxylation is 1. The minimum absolute atomic E-state index is 0.0355. The van der Waals surface area contributed by atoms with Gasteiger partial charge in [0.15, 0.2) is 0 Å². The highest BCUT2D eigenvalue weighted by Crippen LogP contribution is 2.13. The second-order valence-electron chi connectivity index (χ2n) is 4.40. The second kappa shape index (κ2) is 6.60. The highest BCUT2D eigenvalue weighted by molar-refractivity contribution is 5.69. The van der Waals surface area contributed by atoms with Crippen molar-refractivity contribution in [1.29, 1.82) is 0 Å². The largest absolute Gasteiger partial charge is 0.479 e. The molecule has 0 spiro atoms. The summed E-state index contributed by atoms with van der Waals surface area (Å²) < 4.78 is 9.48. The molecule has 0 atom stereocenters. The van der Waals surface area contributed by atoms with Crippen molar-refractivity contribution < 1.29 is 19.1 Å². The van der Waals surface area contributed by atoms with Crippen LogP contribution in [-0.2, 0) is 22.6 Å². The number of aromatic hydroxyl groups is 1. The summed E-state index contributed by atoms with van der Waals surface area (Å²) in [7, 11) is 0. The highest BCUT2D eigenvalue weighted by Gasteiger charge is 2.11. The summed E-state index contributed by atoms with van der Waals surface area (Å²) in [5.41, 5.74) is 2.05. The number of esters is 1. The number of nitrogens with one attached hydrogen (secondary N) is 1. The molecule has 0 bridgehead atoms. The van der Waals surface area contributed by atoms with Crippen LogP contribution in [0.1, 0.15) is 23.2 Å². The number of carbonyl (C=O) groups is 1. The SMILES string of the molecule is C=Cc1ccc(COC(=O)CCc2[nH]c(=O)oc2O)cc1. The van der Waals surface area contributed by atoms with Gasteiger partial charge in [-0.25, -0.2) is 4.79 Å². The van der Waals surface area contributed by atoms with Crippen LogP contribution >= 0.6 is 0 Å². The first-order chi connectivity index (χ1) is 10.1. The van der Waals surface area contributed by atoms with Crippen molar-refractivity contribution in [3.05, 3.63) is 58.2 Å². The predicted octanol–water partition coefficient (Wildman–Crippen LogP) is 1.99. The lowest BCUT2D eigenvalue weighted by molar-refractivity contribution is -0.144. The van der Waals surface area contributed by atoms with Crippen molar-refractivity contribution in [2.45, 2.75) is 19.4 Å². The summed E-state index contributed by atoms with van der Waals surface area (Å²) in [6, 6.07) is 7.46. The molecule has 0 aliphatic rings. The van der Waals surface area contributed by atoms with E-state index in [0.29, 0.717) is 0 Å². The number of rotatable bonds is 6. The molecule has 6 heteroatoms. The van der Waals surface area contributed by atoms with Crippen LogP contribution in [0.4, 0.5) is 0 Å². The molecule has 0 fully saturated rings. The molecule has 1 heterocycles. The molecular weight excluding hydrogens is 274 g/mol. The zero-order valence-corrected chi connectivity index (χ0v) is 11.3. The van der Waals surface area contributed by atoms with E-state index >= 15 is 0 Å². The topological polar surface area (TPSA) is 92.5 Å². The Morgan fingerprint density at radius 1 is 1.38 bits per heavy atom. The lowest BCUT2D eigenvalue weighted by Gasteiger charge is -2.05. The monoisotopic (exact) mass is 289 g/mol. The molecule has 0 amide bonds. The second-order valence-corrected chi connectivity index (χ2v) is 4.40. The van der Waals surface area contributed by atoms with E-state index in [0.717, 1.165) is 11.1 Å². The zero-order valence-electron chi connectivity index (χ0n) is 11.3. The number of oxazole rings is 1. The van der Waals surface area contributed by atoms with Crippen molar-refractivity contribution >= 4 is 12.0 Å². The standard InChI is InChI=1S/C15H15NO5/c1-2-10-3-5-11(6-4-10)9-20-13(17)8-7-12-14(18)21-15(19)16-12/h2-6,18H,1,7-9H2,(H,16,19). The van der Waals surface area contributed by atoms with Crippen LogP contribution in [0.25, 0.3) is 6.08 Å². The average molecular weight is 289 g/mol. The molecule has 110 valence electrons. The first-order valence-electron chi connectivity index (χ1n) is 6.36. The summed E-state index contributed by atoms with van der Waals surface area (Å²) >= 11 is 0. The van der Waals surface area contributed by atoms with Crippen LogP contribution < -0.4 is 5.76 Å². The van der Waals surface area contributed by atoms with Crippen LogP contribution in [0.15, 0.2) is 40.1 Å². The fourth-order valence-corrected chi connectivity index (χ4v) is 1.73. The Labute approximate surface area is 120 Å². The first kappa shape index (κ1) is 14.6. The summed E-state index contributed by atoms with van der Waals surface area (Å²) in [6.45, 7) is 3.83. The van der Waals surface area contributed by atoms with E-state index in [9.17, 15) is 14.7 Å². The number of H-pyrrole nitrogens is 1. The van der Waals surface area contributed by atoms with Crippen LogP contribution in [0, 0.1) is 0 Å². The molecule has 2 rings (SSSR count). The quantitative estimate of drug-likeness (QED) is 0.793. The van der Waals surface area contributed by atoms with Crippen LogP contribution in [-0.4, -0.2) is 16.1 Å². The maximum absolute atomic E-state index is 11.6. The molecular formula is C15H15NO5. The molecule has 1 aromatic heterocycles. The fourth-order valence-electron chi connectivity index (χ4n) is 1.73. The minimum atomic E-state index is -0.752. The maximum Gasteiger partial charge on any atom is 0.419 e. The third-order valence-corrected chi connectivity index (χ3v) is 2.89. The summed E-state index contributed by atoms with van der Waals surface area (Å²) in [5.74, 6) is -1.67. The van der Waals surface area contributed by atoms with Crippen molar-refractivity contribution in [2.75, 3.05) is 0 Å². The Morgan fingerprint density at radius 3 is 2.67 bits per heavy atom. The van der Waals surface area contributed by atoms with Crippen LogP contribution in [0.3, 0.4) is 0 Å². The Morgan fingerprint density at radius 2 is 2.10 bits per heavy atom. The van der Waals surface area contributed by atoms with Gasteiger partial charge >= 0.3 is 17.7 Å².